The van der Waals surface area contributed by atoms with E-state index < -0.39 is 5.25 Å². The van der Waals surface area contributed by atoms with E-state index in [2.05, 4.69) is 15.2 Å². The standard InChI is InChI=1S/C26H29FN4O3S/c1-17(18-6-10-20(27)11-7-18)30(2)25(34)19-8-12-21(13-9-19)28-23(32)16-22-24(33)29-26(35-22)31-14-4-3-5-15-31/h6-13,17,22H,3-5,14-16H2,1-2H3,(H,28,32). The van der Waals surface area contributed by atoms with Crippen LogP contribution >= 0.6 is 11.8 Å². The number of amidine groups is 1. The maximum Gasteiger partial charge on any atom is 0.262 e. The summed E-state index contributed by atoms with van der Waals surface area (Å²) in [6.07, 6.45) is 3.43. The van der Waals surface area contributed by atoms with Gasteiger partial charge in [0.1, 0.15) is 11.1 Å². The van der Waals surface area contributed by atoms with Crippen molar-refractivity contribution >= 4 is 40.3 Å². The number of nitrogens with zero attached hydrogens (tertiary/aromatic N) is 3. The summed E-state index contributed by atoms with van der Waals surface area (Å²) in [5.41, 5.74) is 1.85. The Bertz CT molecular complexity index is 1110. The first-order valence-corrected chi connectivity index (χ1v) is 12.7. The van der Waals surface area contributed by atoms with Gasteiger partial charge >= 0.3 is 0 Å². The summed E-state index contributed by atoms with van der Waals surface area (Å²) in [6, 6.07) is 12.5. The fraction of sp³-hybridized carbons (Fsp3) is 0.385. The Morgan fingerprint density at radius 1 is 1.11 bits per heavy atom. The van der Waals surface area contributed by atoms with Crippen LogP contribution < -0.4 is 5.32 Å². The molecule has 0 bridgehead atoms. The van der Waals surface area contributed by atoms with Crippen molar-refractivity contribution in [3.05, 3.63) is 65.5 Å². The van der Waals surface area contributed by atoms with E-state index >= 15 is 0 Å². The van der Waals surface area contributed by atoms with Gasteiger partial charge in [0.2, 0.25) is 5.91 Å². The minimum atomic E-state index is -0.505. The normalized spacial score (nSPS) is 18.7. The largest absolute Gasteiger partial charge is 0.351 e. The number of piperidine rings is 1. The van der Waals surface area contributed by atoms with Gasteiger partial charge in [0.15, 0.2) is 5.17 Å². The van der Waals surface area contributed by atoms with Crippen molar-refractivity contribution in [1.82, 2.24) is 9.80 Å². The number of benzene rings is 2. The molecular weight excluding hydrogens is 467 g/mol. The Hall–Kier alpha value is -3.20. The summed E-state index contributed by atoms with van der Waals surface area (Å²) in [5.74, 6) is -1.04. The predicted octanol–water partition coefficient (Wildman–Crippen LogP) is 4.47. The first kappa shape index (κ1) is 24.9. The van der Waals surface area contributed by atoms with E-state index in [4.69, 9.17) is 0 Å². The highest BCUT2D eigenvalue weighted by molar-refractivity contribution is 8.15. The SMILES string of the molecule is CC(c1ccc(F)cc1)N(C)C(=O)c1ccc(NC(=O)CC2SC(N3CCCCC3)=NC2=O)cc1. The van der Waals surface area contributed by atoms with Crippen molar-refractivity contribution in [2.75, 3.05) is 25.5 Å². The van der Waals surface area contributed by atoms with Crippen molar-refractivity contribution in [3.63, 3.8) is 0 Å². The van der Waals surface area contributed by atoms with Crippen LogP contribution in [-0.4, -0.2) is 58.1 Å². The van der Waals surface area contributed by atoms with Crippen LogP contribution in [0.15, 0.2) is 53.5 Å². The van der Waals surface area contributed by atoms with Gasteiger partial charge in [-0.2, -0.15) is 4.99 Å². The van der Waals surface area contributed by atoms with Gasteiger partial charge in [-0.3, -0.25) is 14.4 Å². The maximum absolute atomic E-state index is 13.2. The number of anilines is 1. The smallest absolute Gasteiger partial charge is 0.262 e. The van der Waals surface area contributed by atoms with Crippen LogP contribution in [0.4, 0.5) is 10.1 Å². The van der Waals surface area contributed by atoms with Gasteiger partial charge in [0.25, 0.3) is 11.8 Å². The second-order valence-electron chi connectivity index (χ2n) is 8.86. The van der Waals surface area contributed by atoms with Crippen molar-refractivity contribution in [3.8, 4) is 0 Å². The van der Waals surface area contributed by atoms with E-state index in [-0.39, 0.29) is 36.0 Å². The van der Waals surface area contributed by atoms with Gasteiger partial charge in [-0.05, 0) is 68.1 Å². The zero-order chi connectivity index (χ0) is 24.9. The molecule has 0 radical (unpaired) electrons. The number of amides is 3. The van der Waals surface area contributed by atoms with E-state index in [9.17, 15) is 18.8 Å². The number of rotatable bonds is 6. The third-order valence-corrected chi connectivity index (χ3v) is 7.61. The van der Waals surface area contributed by atoms with Gasteiger partial charge < -0.3 is 15.1 Å². The highest BCUT2D eigenvalue weighted by atomic mass is 32.2. The summed E-state index contributed by atoms with van der Waals surface area (Å²) in [4.78, 5) is 45.6. The number of hydrogen-bond acceptors (Lipinski definition) is 5. The minimum absolute atomic E-state index is 0.0446. The van der Waals surface area contributed by atoms with Gasteiger partial charge in [-0.1, -0.05) is 23.9 Å². The molecule has 2 heterocycles. The number of carbonyl (C=O) groups excluding carboxylic acids is 3. The number of nitrogens with one attached hydrogen (secondary N) is 1. The highest BCUT2D eigenvalue weighted by Gasteiger charge is 2.33. The van der Waals surface area contributed by atoms with Crippen LogP contribution in [0.25, 0.3) is 0 Å². The first-order chi connectivity index (χ1) is 16.8. The second kappa shape index (κ2) is 11.0. The van der Waals surface area contributed by atoms with Crippen molar-refractivity contribution in [2.24, 2.45) is 4.99 Å². The lowest BCUT2D eigenvalue weighted by atomic mass is 10.1. The van der Waals surface area contributed by atoms with Gasteiger partial charge in [-0.25, -0.2) is 4.39 Å². The number of hydrogen-bond donors (Lipinski definition) is 1. The molecule has 0 aliphatic carbocycles. The van der Waals surface area contributed by atoms with E-state index in [1.54, 1.807) is 48.3 Å². The molecule has 3 amide bonds. The first-order valence-electron chi connectivity index (χ1n) is 11.8. The molecule has 9 heteroatoms. The molecule has 4 rings (SSSR count). The number of halogens is 1. The van der Waals surface area contributed by atoms with Crippen LogP contribution in [0.3, 0.4) is 0 Å². The molecule has 0 saturated carbocycles. The maximum atomic E-state index is 13.2. The molecule has 2 aromatic rings. The Balaban J connectivity index is 1.30. The monoisotopic (exact) mass is 496 g/mol. The quantitative estimate of drug-likeness (QED) is 0.638. The summed E-state index contributed by atoms with van der Waals surface area (Å²) in [6.45, 7) is 3.68. The zero-order valence-corrected chi connectivity index (χ0v) is 20.7. The Morgan fingerprint density at radius 3 is 2.43 bits per heavy atom. The topological polar surface area (TPSA) is 82.1 Å². The molecule has 2 atom stereocenters. The van der Waals surface area contributed by atoms with E-state index in [1.807, 2.05) is 6.92 Å². The van der Waals surface area contributed by atoms with E-state index in [0.29, 0.717) is 11.3 Å². The average molecular weight is 497 g/mol. The molecule has 0 spiro atoms. The molecule has 184 valence electrons. The third-order valence-electron chi connectivity index (χ3n) is 6.40. The molecular formula is C26H29FN4O3S. The van der Waals surface area contributed by atoms with E-state index in [1.165, 1.54) is 30.3 Å². The molecule has 2 aliphatic rings. The molecule has 1 N–H and O–H groups in total. The fourth-order valence-electron chi connectivity index (χ4n) is 4.15. The molecule has 35 heavy (non-hydrogen) atoms. The van der Waals surface area contributed by atoms with Crippen LogP contribution in [0.1, 0.15) is 54.6 Å². The summed E-state index contributed by atoms with van der Waals surface area (Å²) in [5, 5.41) is 3.03. The summed E-state index contributed by atoms with van der Waals surface area (Å²) >= 11 is 1.37. The van der Waals surface area contributed by atoms with Crippen LogP contribution in [-0.2, 0) is 9.59 Å². The van der Waals surface area contributed by atoms with Crippen molar-refractivity contribution in [2.45, 2.75) is 43.9 Å². The highest BCUT2D eigenvalue weighted by Crippen LogP contribution is 2.29. The van der Waals surface area contributed by atoms with Crippen molar-refractivity contribution < 1.29 is 18.8 Å². The lowest BCUT2D eigenvalue weighted by Crippen LogP contribution is -2.33. The lowest BCUT2D eigenvalue weighted by molar-refractivity contribution is -0.121. The lowest BCUT2D eigenvalue weighted by Gasteiger charge is -2.27. The fourth-order valence-corrected chi connectivity index (χ4v) is 5.27. The van der Waals surface area contributed by atoms with E-state index in [0.717, 1.165) is 36.7 Å². The van der Waals surface area contributed by atoms with Crippen LogP contribution in [0, 0.1) is 5.82 Å². The molecule has 1 fully saturated rings. The Kier molecular flexibility index (Phi) is 7.85. The second-order valence-corrected chi connectivity index (χ2v) is 10.0. The average Bonchev–Trinajstić information content (AvgIpc) is 3.24. The Morgan fingerprint density at radius 2 is 1.77 bits per heavy atom. The number of aliphatic imine (C=N–C) groups is 1. The predicted molar refractivity (Wildman–Crippen MR) is 136 cm³/mol. The number of likely N-dealkylation sites (tertiary alicyclic amines) is 1. The van der Waals surface area contributed by atoms with Gasteiger partial charge in [0, 0.05) is 37.8 Å². The molecule has 1 saturated heterocycles. The minimum Gasteiger partial charge on any atom is -0.351 e. The van der Waals surface area contributed by atoms with Crippen LogP contribution in [0.2, 0.25) is 0 Å². The number of thioether (sulfide) groups is 1. The van der Waals surface area contributed by atoms with Gasteiger partial charge in [0.05, 0.1) is 6.04 Å². The van der Waals surface area contributed by atoms with Crippen molar-refractivity contribution in [1.29, 1.82) is 0 Å². The van der Waals surface area contributed by atoms with Gasteiger partial charge in [-0.15, -0.1) is 0 Å². The molecule has 7 nitrogen and oxygen atoms in total. The zero-order valence-electron chi connectivity index (χ0n) is 19.9. The molecule has 2 aliphatic heterocycles. The summed E-state index contributed by atoms with van der Waals surface area (Å²) in [7, 11) is 1.70. The number of carbonyl (C=O) groups is 3. The molecule has 2 aromatic carbocycles. The van der Waals surface area contributed by atoms with Crippen LogP contribution in [0.5, 0.6) is 0 Å². The third kappa shape index (κ3) is 6.08. The molecule has 0 aromatic heterocycles. The summed E-state index contributed by atoms with van der Waals surface area (Å²) < 4.78 is 13.2. The Labute approximate surface area is 208 Å². The molecule has 2 unspecified atom stereocenters.